The molecule has 1 saturated heterocycles. The summed E-state index contributed by atoms with van der Waals surface area (Å²) in [5.74, 6) is 1.95. The fourth-order valence-corrected chi connectivity index (χ4v) is 1.82. The molecule has 0 bridgehead atoms. The molecule has 64 valence electrons. The molecule has 0 radical (unpaired) electrons. The van der Waals surface area contributed by atoms with Crippen LogP contribution >= 0.6 is 11.8 Å². The number of hydrogen-bond donors (Lipinski definition) is 0. The predicted molar refractivity (Wildman–Crippen MR) is 52.7 cm³/mol. The molecule has 1 fully saturated rings. The van der Waals surface area contributed by atoms with Gasteiger partial charge in [-0.15, -0.1) is 11.8 Å². The second-order valence-corrected chi connectivity index (χ2v) is 6.40. The molecule has 0 unspecified atom stereocenters. The minimum atomic E-state index is -1.04. The Balaban J connectivity index is 2.55. The summed E-state index contributed by atoms with van der Waals surface area (Å²) < 4.78 is 15.3. The van der Waals surface area contributed by atoms with Gasteiger partial charge in [0.2, 0.25) is 0 Å². The van der Waals surface area contributed by atoms with Gasteiger partial charge in [0, 0.05) is 17.2 Å². The van der Waals surface area contributed by atoms with Crippen molar-refractivity contribution in [1.29, 1.82) is 0 Å². The number of hydrogen-bond acceptors (Lipinski definition) is 2. The van der Waals surface area contributed by atoms with Gasteiger partial charge >= 0.3 is 0 Å². The third kappa shape index (κ3) is 2.60. The molecule has 1 aliphatic rings. The zero-order valence-electron chi connectivity index (χ0n) is 7.09. The highest BCUT2D eigenvalue weighted by atomic mass is 32.2. The van der Waals surface area contributed by atoms with E-state index in [0.29, 0.717) is 0 Å². The Morgan fingerprint density at radius 3 is 2.27 bits per heavy atom. The van der Waals surface area contributed by atoms with Crippen LogP contribution in [0.3, 0.4) is 0 Å². The minimum Gasteiger partial charge on any atom is -0.234 e. The largest absolute Gasteiger partial charge is 0.234 e. The third-order valence-electron chi connectivity index (χ3n) is 1.27. The van der Waals surface area contributed by atoms with Gasteiger partial charge in [-0.3, -0.25) is 0 Å². The van der Waals surface area contributed by atoms with Crippen LogP contribution in [-0.4, -0.2) is 26.2 Å². The Labute approximate surface area is 74.5 Å². The Bertz CT molecular complexity index is 199. The van der Waals surface area contributed by atoms with Gasteiger partial charge in [-0.1, -0.05) is 0 Å². The predicted octanol–water partition coefficient (Wildman–Crippen LogP) is 1.64. The SMILES string of the molecule is CC(C)(C)[S@](=O)N=C1CSC1. The van der Waals surface area contributed by atoms with Crippen molar-refractivity contribution in [3.8, 4) is 0 Å². The van der Waals surface area contributed by atoms with Gasteiger partial charge in [-0.05, 0) is 20.8 Å². The summed E-state index contributed by atoms with van der Waals surface area (Å²) in [6.45, 7) is 5.83. The van der Waals surface area contributed by atoms with Crippen LogP contribution in [0.25, 0.3) is 0 Å². The molecule has 0 spiro atoms. The summed E-state index contributed by atoms with van der Waals surface area (Å²) in [6.07, 6.45) is 0. The smallest absolute Gasteiger partial charge is 0.144 e. The molecule has 1 rings (SSSR count). The zero-order valence-corrected chi connectivity index (χ0v) is 8.72. The summed E-state index contributed by atoms with van der Waals surface area (Å²) >= 11 is 1.83. The molecule has 1 atom stereocenters. The van der Waals surface area contributed by atoms with Gasteiger partial charge in [-0.25, -0.2) is 4.21 Å². The Kier molecular flexibility index (Phi) is 2.75. The maximum atomic E-state index is 11.4. The molecule has 0 aromatic carbocycles. The van der Waals surface area contributed by atoms with Gasteiger partial charge in [0.05, 0.1) is 4.75 Å². The molecule has 2 nitrogen and oxygen atoms in total. The number of rotatable bonds is 1. The summed E-state index contributed by atoms with van der Waals surface area (Å²) in [6, 6.07) is 0. The van der Waals surface area contributed by atoms with Crippen LogP contribution in [-0.2, 0) is 11.0 Å². The van der Waals surface area contributed by atoms with Crippen molar-refractivity contribution >= 4 is 28.5 Å². The van der Waals surface area contributed by atoms with E-state index in [1.807, 2.05) is 32.5 Å². The maximum absolute atomic E-state index is 11.4. The molecule has 1 heterocycles. The second-order valence-electron chi connectivity index (χ2n) is 3.51. The van der Waals surface area contributed by atoms with Crippen molar-refractivity contribution in [2.24, 2.45) is 4.40 Å². The van der Waals surface area contributed by atoms with Gasteiger partial charge in [-0.2, -0.15) is 4.40 Å². The van der Waals surface area contributed by atoms with Gasteiger partial charge in [0.25, 0.3) is 0 Å². The molecular weight excluding hydrogens is 178 g/mol. The first-order valence-corrected chi connectivity index (χ1v) is 5.82. The van der Waals surface area contributed by atoms with Crippen LogP contribution in [0.15, 0.2) is 4.40 Å². The average molecular weight is 191 g/mol. The quantitative estimate of drug-likeness (QED) is 0.630. The van der Waals surface area contributed by atoms with Crippen LogP contribution in [0.1, 0.15) is 20.8 Å². The van der Waals surface area contributed by atoms with E-state index in [4.69, 9.17) is 0 Å². The van der Waals surface area contributed by atoms with E-state index in [0.717, 1.165) is 17.2 Å². The highest BCUT2D eigenvalue weighted by molar-refractivity contribution is 8.03. The average Bonchev–Trinajstić information content (AvgIpc) is 1.75. The topological polar surface area (TPSA) is 29.4 Å². The lowest BCUT2D eigenvalue weighted by molar-refractivity contribution is 0.650. The normalized spacial score (nSPS) is 20.8. The van der Waals surface area contributed by atoms with E-state index in [-0.39, 0.29) is 4.75 Å². The summed E-state index contributed by atoms with van der Waals surface area (Å²) in [5.41, 5.74) is 1.10. The van der Waals surface area contributed by atoms with Crippen LogP contribution in [0.5, 0.6) is 0 Å². The van der Waals surface area contributed by atoms with Crippen LogP contribution in [0, 0.1) is 0 Å². The summed E-state index contributed by atoms with van der Waals surface area (Å²) in [4.78, 5) is 0. The van der Waals surface area contributed by atoms with Crippen molar-refractivity contribution in [1.82, 2.24) is 0 Å². The van der Waals surface area contributed by atoms with E-state index in [9.17, 15) is 4.21 Å². The van der Waals surface area contributed by atoms with Crippen molar-refractivity contribution in [3.05, 3.63) is 0 Å². The summed E-state index contributed by atoms with van der Waals surface area (Å²) in [7, 11) is -1.04. The fourth-order valence-electron chi connectivity index (χ4n) is 0.500. The van der Waals surface area contributed by atoms with E-state index in [1.54, 1.807) is 0 Å². The monoisotopic (exact) mass is 191 g/mol. The standard InChI is InChI=1S/C7H13NOS2/c1-7(2,3)11(9)8-6-4-10-5-6/h4-5H2,1-3H3/t11-/m0/s1. The highest BCUT2D eigenvalue weighted by Crippen LogP contribution is 2.18. The lowest BCUT2D eigenvalue weighted by Gasteiger charge is -2.18. The Morgan fingerprint density at radius 1 is 1.45 bits per heavy atom. The van der Waals surface area contributed by atoms with Crippen LogP contribution < -0.4 is 0 Å². The first kappa shape index (κ1) is 9.26. The van der Waals surface area contributed by atoms with Crippen molar-refractivity contribution in [3.63, 3.8) is 0 Å². The van der Waals surface area contributed by atoms with Crippen molar-refractivity contribution < 1.29 is 4.21 Å². The second kappa shape index (κ2) is 3.27. The molecule has 0 N–H and O–H groups in total. The lowest BCUT2D eigenvalue weighted by Crippen LogP contribution is -2.25. The van der Waals surface area contributed by atoms with Crippen molar-refractivity contribution in [2.45, 2.75) is 25.5 Å². The van der Waals surface area contributed by atoms with Gasteiger partial charge < -0.3 is 0 Å². The molecule has 0 saturated carbocycles. The van der Waals surface area contributed by atoms with E-state index in [2.05, 4.69) is 4.40 Å². The first-order chi connectivity index (χ1) is 5.00. The molecule has 0 amide bonds. The highest BCUT2D eigenvalue weighted by Gasteiger charge is 2.21. The van der Waals surface area contributed by atoms with Gasteiger partial charge in [0.15, 0.2) is 0 Å². The fraction of sp³-hybridized carbons (Fsp3) is 0.857. The van der Waals surface area contributed by atoms with Crippen LogP contribution in [0.2, 0.25) is 0 Å². The van der Waals surface area contributed by atoms with Crippen LogP contribution in [0.4, 0.5) is 0 Å². The molecule has 0 aromatic heterocycles. The maximum Gasteiger partial charge on any atom is 0.144 e. The molecule has 4 heteroatoms. The van der Waals surface area contributed by atoms with Gasteiger partial charge in [0.1, 0.15) is 11.0 Å². The van der Waals surface area contributed by atoms with E-state index < -0.39 is 11.0 Å². The summed E-state index contributed by atoms with van der Waals surface area (Å²) in [5, 5.41) is 0. The molecule has 11 heavy (non-hydrogen) atoms. The zero-order chi connectivity index (χ0) is 8.48. The molecule has 1 aliphatic heterocycles. The molecule has 0 aromatic rings. The minimum absolute atomic E-state index is 0.201. The number of thioether (sulfide) groups is 1. The Morgan fingerprint density at radius 2 is 2.00 bits per heavy atom. The number of nitrogens with zero attached hydrogens (tertiary/aromatic N) is 1. The van der Waals surface area contributed by atoms with Crippen molar-refractivity contribution in [2.75, 3.05) is 11.5 Å². The van der Waals surface area contributed by atoms with E-state index >= 15 is 0 Å². The first-order valence-electron chi connectivity index (χ1n) is 3.56. The molecular formula is C7H13NOS2. The van der Waals surface area contributed by atoms with E-state index in [1.165, 1.54) is 0 Å². The Hall–Kier alpha value is 0.170. The third-order valence-corrected chi connectivity index (χ3v) is 3.82. The molecule has 0 aliphatic carbocycles. The lowest BCUT2D eigenvalue weighted by atomic mass is 10.3.